The maximum absolute atomic E-state index is 10.6. The monoisotopic (exact) mass is 224 g/mol. The molecule has 1 rings (SSSR count). The van der Waals surface area contributed by atoms with Crippen molar-refractivity contribution in [2.24, 2.45) is 0 Å². The fourth-order valence-corrected chi connectivity index (χ4v) is 1.36. The third-order valence-corrected chi connectivity index (χ3v) is 2.23. The van der Waals surface area contributed by atoms with Gasteiger partial charge in [-0.1, -0.05) is 12.1 Å². The first-order valence-corrected chi connectivity index (χ1v) is 4.65. The van der Waals surface area contributed by atoms with Gasteiger partial charge in [-0.25, -0.2) is 0 Å². The van der Waals surface area contributed by atoms with E-state index in [0.29, 0.717) is 5.56 Å². The number of halogens is 1. The Morgan fingerprint density at radius 3 is 2.38 bits per heavy atom. The summed E-state index contributed by atoms with van der Waals surface area (Å²) in [6.45, 7) is -0.247. The smallest absolute Gasteiger partial charge is 0.294 e. The Balaban J connectivity index is 0.00000144. The van der Waals surface area contributed by atoms with Crippen molar-refractivity contribution in [3.05, 3.63) is 29.8 Å². The number of hydrogen-bond acceptors (Lipinski definition) is 3. The number of aliphatic hydroxyl groups is 1. The van der Waals surface area contributed by atoms with Crippen LogP contribution in [0.3, 0.4) is 0 Å². The van der Waals surface area contributed by atoms with Crippen LogP contribution in [0.4, 0.5) is 0 Å². The lowest BCUT2D eigenvalue weighted by molar-refractivity contribution is 0.281. The Morgan fingerprint density at radius 2 is 1.92 bits per heavy atom. The molecule has 6 heteroatoms. The van der Waals surface area contributed by atoms with Gasteiger partial charge in [0.15, 0.2) is 0 Å². The molecule has 0 unspecified atom stereocenters. The molecule has 1 aromatic carbocycles. The van der Waals surface area contributed by atoms with E-state index in [-0.39, 0.29) is 23.9 Å². The van der Waals surface area contributed by atoms with E-state index >= 15 is 0 Å². The quantitative estimate of drug-likeness (QED) is 0.731. The molecule has 0 saturated heterocycles. The van der Waals surface area contributed by atoms with Crippen molar-refractivity contribution in [1.82, 2.24) is 0 Å². The largest absolute Gasteiger partial charge is 0.392 e. The highest BCUT2D eigenvalue weighted by atomic mass is 35.5. The molecule has 0 bridgehead atoms. The summed E-state index contributed by atoms with van der Waals surface area (Å²) in [6.07, 6.45) is 0. The summed E-state index contributed by atoms with van der Waals surface area (Å²) in [5.74, 6) is 0. The molecule has 0 amide bonds. The van der Waals surface area contributed by atoms with Crippen LogP contribution < -0.4 is 0 Å². The summed E-state index contributed by atoms with van der Waals surface area (Å²) >= 11 is 0. The average molecular weight is 225 g/mol. The van der Waals surface area contributed by atoms with E-state index in [0.717, 1.165) is 0 Å². The van der Waals surface area contributed by atoms with Crippen molar-refractivity contribution in [3.63, 3.8) is 0 Å². The molecule has 0 heterocycles. The second kappa shape index (κ2) is 4.57. The zero-order valence-corrected chi connectivity index (χ0v) is 8.18. The zero-order valence-electron chi connectivity index (χ0n) is 6.54. The van der Waals surface area contributed by atoms with E-state index < -0.39 is 10.1 Å². The minimum absolute atomic E-state index is 0. The average Bonchev–Trinajstić information content (AvgIpc) is 2.03. The highest BCUT2D eigenvalue weighted by molar-refractivity contribution is 7.85. The summed E-state index contributed by atoms with van der Waals surface area (Å²) in [5.41, 5.74) is 0.449. The first-order chi connectivity index (χ1) is 5.54. The summed E-state index contributed by atoms with van der Waals surface area (Å²) < 4.78 is 29.7. The van der Waals surface area contributed by atoms with E-state index in [1.54, 1.807) is 6.07 Å². The molecule has 0 saturated carbocycles. The molecule has 0 fully saturated rings. The second-order valence-electron chi connectivity index (χ2n) is 2.28. The van der Waals surface area contributed by atoms with Crippen LogP contribution in [0.2, 0.25) is 0 Å². The first-order valence-electron chi connectivity index (χ1n) is 3.21. The molecule has 0 aromatic heterocycles. The Bertz CT molecular complexity index is 374. The van der Waals surface area contributed by atoms with Gasteiger partial charge in [-0.15, -0.1) is 12.4 Å². The van der Waals surface area contributed by atoms with Gasteiger partial charge in [0.05, 0.1) is 11.5 Å². The highest BCUT2D eigenvalue weighted by Gasteiger charge is 2.08. The Morgan fingerprint density at radius 1 is 1.31 bits per heavy atom. The molecular weight excluding hydrogens is 216 g/mol. The third-order valence-electron chi connectivity index (χ3n) is 1.38. The lowest BCUT2D eigenvalue weighted by atomic mass is 10.2. The van der Waals surface area contributed by atoms with Crippen molar-refractivity contribution >= 4 is 22.5 Å². The summed E-state index contributed by atoms with van der Waals surface area (Å²) in [6, 6.07) is 5.49. The van der Waals surface area contributed by atoms with Crippen LogP contribution in [-0.4, -0.2) is 18.1 Å². The van der Waals surface area contributed by atoms with Gasteiger partial charge in [-0.3, -0.25) is 4.55 Å². The molecule has 0 aliphatic rings. The maximum Gasteiger partial charge on any atom is 0.294 e. The van der Waals surface area contributed by atoms with Gasteiger partial charge in [0.1, 0.15) is 0 Å². The second-order valence-corrected chi connectivity index (χ2v) is 3.70. The molecule has 13 heavy (non-hydrogen) atoms. The molecule has 0 radical (unpaired) electrons. The Kier molecular flexibility index (Phi) is 4.35. The van der Waals surface area contributed by atoms with Gasteiger partial charge in [0.25, 0.3) is 10.1 Å². The highest BCUT2D eigenvalue weighted by Crippen LogP contribution is 2.10. The zero-order chi connectivity index (χ0) is 9.19. The van der Waals surface area contributed by atoms with Crippen LogP contribution in [0.1, 0.15) is 5.56 Å². The van der Waals surface area contributed by atoms with E-state index in [1.165, 1.54) is 18.2 Å². The SMILES string of the molecule is Cl.O=S(=O)(O)c1cccc(CO)c1. The summed E-state index contributed by atoms with van der Waals surface area (Å²) in [4.78, 5) is -0.200. The summed E-state index contributed by atoms with van der Waals surface area (Å²) in [5, 5.41) is 8.65. The van der Waals surface area contributed by atoms with E-state index in [9.17, 15) is 8.42 Å². The maximum atomic E-state index is 10.6. The molecule has 2 N–H and O–H groups in total. The van der Waals surface area contributed by atoms with Crippen LogP contribution in [0.15, 0.2) is 29.2 Å². The number of hydrogen-bond donors (Lipinski definition) is 2. The molecule has 0 aliphatic carbocycles. The molecule has 0 aliphatic heterocycles. The van der Waals surface area contributed by atoms with Crippen molar-refractivity contribution in [2.45, 2.75) is 11.5 Å². The van der Waals surface area contributed by atoms with Gasteiger partial charge < -0.3 is 5.11 Å². The Labute approximate surface area is 82.4 Å². The number of benzene rings is 1. The lowest BCUT2D eigenvalue weighted by Crippen LogP contribution is -1.98. The van der Waals surface area contributed by atoms with Crippen LogP contribution in [0, 0.1) is 0 Å². The fourth-order valence-electron chi connectivity index (χ4n) is 0.804. The Hall–Kier alpha value is -0.620. The van der Waals surface area contributed by atoms with Gasteiger partial charge >= 0.3 is 0 Å². The van der Waals surface area contributed by atoms with Crippen LogP contribution in [-0.2, 0) is 16.7 Å². The number of aliphatic hydroxyl groups excluding tert-OH is 1. The van der Waals surface area contributed by atoms with Crippen LogP contribution >= 0.6 is 12.4 Å². The molecule has 0 spiro atoms. The molecule has 4 nitrogen and oxygen atoms in total. The van der Waals surface area contributed by atoms with Gasteiger partial charge in [-0.05, 0) is 17.7 Å². The fraction of sp³-hybridized carbons (Fsp3) is 0.143. The predicted molar refractivity (Wildman–Crippen MR) is 49.4 cm³/mol. The van der Waals surface area contributed by atoms with Gasteiger partial charge in [-0.2, -0.15) is 8.42 Å². The first kappa shape index (κ1) is 12.4. The van der Waals surface area contributed by atoms with Gasteiger partial charge in [0, 0.05) is 0 Å². The van der Waals surface area contributed by atoms with E-state index in [1.807, 2.05) is 0 Å². The molecule has 0 atom stereocenters. The molecule has 74 valence electrons. The molecule has 1 aromatic rings. The normalized spacial score (nSPS) is 10.6. The van der Waals surface area contributed by atoms with Crippen LogP contribution in [0.25, 0.3) is 0 Å². The van der Waals surface area contributed by atoms with Gasteiger partial charge in [0.2, 0.25) is 0 Å². The van der Waals surface area contributed by atoms with E-state index in [2.05, 4.69) is 0 Å². The minimum Gasteiger partial charge on any atom is -0.392 e. The number of rotatable bonds is 2. The van der Waals surface area contributed by atoms with Crippen molar-refractivity contribution in [3.8, 4) is 0 Å². The standard InChI is InChI=1S/C7H8O4S.ClH/c8-5-6-2-1-3-7(4-6)12(9,10)11;/h1-4,8H,5H2,(H,9,10,11);1H. The summed E-state index contributed by atoms with van der Waals surface area (Å²) in [7, 11) is -4.15. The van der Waals surface area contributed by atoms with Crippen LogP contribution in [0.5, 0.6) is 0 Å². The topological polar surface area (TPSA) is 74.6 Å². The molecular formula is C7H9ClO4S. The minimum atomic E-state index is -4.15. The van der Waals surface area contributed by atoms with E-state index in [4.69, 9.17) is 9.66 Å². The predicted octanol–water partition coefficient (Wildman–Crippen LogP) is 0.847. The van der Waals surface area contributed by atoms with Crippen molar-refractivity contribution < 1.29 is 18.1 Å². The van der Waals surface area contributed by atoms with Crippen molar-refractivity contribution in [1.29, 1.82) is 0 Å². The third kappa shape index (κ3) is 3.31. The lowest BCUT2D eigenvalue weighted by Gasteiger charge is -1.98. The van der Waals surface area contributed by atoms with Crippen molar-refractivity contribution in [2.75, 3.05) is 0 Å².